The fourth-order valence-electron chi connectivity index (χ4n) is 2.75. The van der Waals surface area contributed by atoms with Gasteiger partial charge in [0.2, 0.25) is 0 Å². The SMILES string of the molecule is Cl.FC(F)Oc1cccc([C@@H](CCC(F)(F)F)N2CCNCC2)c1. The number of nitrogens with zero attached hydrogens (tertiary/aromatic N) is 1. The number of benzene rings is 1. The number of hydrogen-bond acceptors (Lipinski definition) is 3. The Balaban J connectivity index is 0.00000288. The minimum atomic E-state index is -4.25. The zero-order chi connectivity index (χ0) is 16.9. The molecule has 1 fully saturated rings. The van der Waals surface area contributed by atoms with Crippen LogP contribution in [0.25, 0.3) is 0 Å². The van der Waals surface area contributed by atoms with Gasteiger partial charge in [0.15, 0.2) is 0 Å². The van der Waals surface area contributed by atoms with Gasteiger partial charge in [0.05, 0.1) is 0 Å². The van der Waals surface area contributed by atoms with E-state index >= 15 is 0 Å². The fraction of sp³-hybridized carbons (Fsp3) is 0.600. The highest BCUT2D eigenvalue weighted by molar-refractivity contribution is 5.85. The highest BCUT2D eigenvalue weighted by atomic mass is 35.5. The molecule has 0 aromatic heterocycles. The van der Waals surface area contributed by atoms with Gasteiger partial charge in [-0.2, -0.15) is 22.0 Å². The van der Waals surface area contributed by atoms with E-state index in [0.717, 1.165) is 0 Å². The Bertz CT molecular complexity index is 495. The summed E-state index contributed by atoms with van der Waals surface area (Å²) in [4.78, 5) is 1.95. The second-order valence-electron chi connectivity index (χ2n) is 5.41. The van der Waals surface area contributed by atoms with Crippen LogP contribution in [-0.4, -0.2) is 43.9 Å². The molecule has 0 amide bonds. The van der Waals surface area contributed by atoms with Crippen molar-refractivity contribution in [2.45, 2.75) is 31.7 Å². The summed E-state index contributed by atoms with van der Waals surface area (Å²) in [6, 6.07) is 5.47. The molecule has 9 heteroatoms. The Morgan fingerprint density at radius 1 is 1.17 bits per heavy atom. The van der Waals surface area contributed by atoms with Gasteiger partial charge in [-0.25, -0.2) is 0 Å². The zero-order valence-electron chi connectivity index (χ0n) is 12.9. The van der Waals surface area contributed by atoms with Crippen LogP contribution < -0.4 is 10.1 Å². The predicted molar refractivity (Wildman–Crippen MR) is 82.8 cm³/mol. The molecule has 1 aliphatic rings. The molecular formula is C15H20ClF5N2O. The van der Waals surface area contributed by atoms with Crippen LogP contribution in [0.3, 0.4) is 0 Å². The van der Waals surface area contributed by atoms with Crippen LogP contribution >= 0.6 is 12.4 Å². The van der Waals surface area contributed by atoms with E-state index in [9.17, 15) is 22.0 Å². The van der Waals surface area contributed by atoms with E-state index in [1.54, 1.807) is 6.07 Å². The van der Waals surface area contributed by atoms with E-state index < -0.39 is 25.3 Å². The van der Waals surface area contributed by atoms with Crippen molar-refractivity contribution in [3.8, 4) is 5.75 Å². The molecule has 1 saturated heterocycles. The molecule has 2 rings (SSSR count). The number of ether oxygens (including phenoxy) is 1. The average molecular weight is 375 g/mol. The number of nitrogens with one attached hydrogen (secondary N) is 1. The first-order valence-electron chi connectivity index (χ1n) is 7.41. The van der Waals surface area contributed by atoms with Crippen LogP contribution in [0.2, 0.25) is 0 Å². The Labute approximate surface area is 143 Å². The summed E-state index contributed by atoms with van der Waals surface area (Å²) >= 11 is 0. The van der Waals surface area contributed by atoms with Crippen LogP contribution in [0.1, 0.15) is 24.4 Å². The minimum absolute atomic E-state index is 0. The monoisotopic (exact) mass is 374 g/mol. The highest BCUT2D eigenvalue weighted by Gasteiger charge is 2.31. The molecule has 1 aliphatic heterocycles. The van der Waals surface area contributed by atoms with Crippen LogP contribution in [0, 0.1) is 0 Å². The lowest BCUT2D eigenvalue weighted by Gasteiger charge is -2.35. The molecule has 24 heavy (non-hydrogen) atoms. The van der Waals surface area contributed by atoms with Crippen molar-refractivity contribution in [2.75, 3.05) is 26.2 Å². The third kappa shape index (κ3) is 6.78. The lowest BCUT2D eigenvalue weighted by Crippen LogP contribution is -2.45. The van der Waals surface area contributed by atoms with Crippen molar-refractivity contribution in [3.63, 3.8) is 0 Å². The summed E-state index contributed by atoms with van der Waals surface area (Å²) < 4.78 is 66.8. The first-order chi connectivity index (χ1) is 10.8. The van der Waals surface area contributed by atoms with Crippen molar-refractivity contribution in [1.29, 1.82) is 0 Å². The van der Waals surface area contributed by atoms with E-state index in [1.165, 1.54) is 18.2 Å². The van der Waals surface area contributed by atoms with Crippen molar-refractivity contribution in [2.24, 2.45) is 0 Å². The first kappa shape index (κ1) is 20.9. The average Bonchev–Trinajstić information content (AvgIpc) is 2.47. The number of alkyl halides is 5. The molecule has 1 atom stereocenters. The molecular weight excluding hydrogens is 355 g/mol. The quantitative estimate of drug-likeness (QED) is 0.762. The fourth-order valence-corrected chi connectivity index (χ4v) is 2.75. The molecule has 0 saturated carbocycles. The molecule has 1 heterocycles. The second kappa shape index (κ2) is 9.39. The summed E-state index contributed by atoms with van der Waals surface area (Å²) in [6.45, 7) is -0.353. The zero-order valence-corrected chi connectivity index (χ0v) is 13.7. The summed E-state index contributed by atoms with van der Waals surface area (Å²) in [5.74, 6) is -0.0374. The smallest absolute Gasteiger partial charge is 0.389 e. The van der Waals surface area contributed by atoms with Gasteiger partial charge in [0.1, 0.15) is 5.75 Å². The molecule has 1 aromatic carbocycles. The second-order valence-corrected chi connectivity index (χ2v) is 5.41. The van der Waals surface area contributed by atoms with Crippen molar-refractivity contribution < 1.29 is 26.7 Å². The summed E-state index contributed by atoms with van der Waals surface area (Å²) in [6.07, 6.45) is -5.27. The van der Waals surface area contributed by atoms with Crippen LogP contribution in [0.4, 0.5) is 22.0 Å². The third-order valence-corrected chi connectivity index (χ3v) is 3.76. The highest BCUT2D eigenvalue weighted by Crippen LogP contribution is 2.33. The largest absolute Gasteiger partial charge is 0.435 e. The molecule has 0 bridgehead atoms. The van der Waals surface area contributed by atoms with Crippen molar-refractivity contribution >= 4 is 12.4 Å². The van der Waals surface area contributed by atoms with E-state index in [0.29, 0.717) is 31.7 Å². The summed E-state index contributed by atoms with van der Waals surface area (Å²) in [5, 5.41) is 3.14. The lowest BCUT2D eigenvalue weighted by atomic mass is 9.99. The van der Waals surface area contributed by atoms with Gasteiger partial charge in [-0.05, 0) is 24.1 Å². The number of hydrogen-bond donors (Lipinski definition) is 1. The van der Waals surface area contributed by atoms with Gasteiger partial charge >= 0.3 is 12.8 Å². The van der Waals surface area contributed by atoms with E-state index in [-0.39, 0.29) is 24.6 Å². The van der Waals surface area contributed by atoms with E-state index in [2.05, 4.69) is 10.1 Å². The molecule has 3 nitrogen and oxygen atoms in total. The van der Waals surface area contributed by atoms with Gasteiger partial charge < -0.3 is 10.1 Å². The molecule has 1 aromatic rings. The normalized spacial score (nSPS) is 17.4. The Morgan fingerprint density at radius 3 is 2.42 bits per heavy atom. The molecule has 138 valence electrons. The number of halogens is 6. The first-order valence-corrected chi connectivity index (χ1v) is 7.41. The maximum atomic E-state index is 12.6. The summed E-state index contributed by atoms with van der Waals surface area (Å²) in [5.41, 5.74) is 0.564. The topological polar surface area (TPSA) is 24.5 Å². The van der Waals surface area contributed by atoms with Crippen LogP contribution in [0.15, 0.2) is 24.3 Å². The van der Waals surface area contributed by atoms with E-state index in [4.69, 9.17) is 0 Å². The van der Waals surface area contributed by atoms with Crippen LogP contribution in [0.5, 0.6) is 5.75 Å². The number of piperazine rings is 1. The minimum Gasteiger partial charge on any atom is -0.435 e. The number of rotatable bonds is 6. The van der Waals surface area contributed by atoms with Gasteiger partial charge in [-0.1, -0.05) is 12.1 Å². The predicted octanol–water partition coefficient (Wildman–Crippen LogP) is 4.00. The van der Waals surface area contributed by atoms with Crippen molar-refractivity contribution in [1.82, 2.24) is 10.2 Å². The Hall–Kier alpha value is -1.12. The molecule has 0 spiro atoms. The van der Waals surface area contributed by atoms with Gasteiger partial charge in [-0.3, -0.25) is 4.90 Å². The molecule has 0 aliphatic carbocycles. The lowest BCUT2D eigenvalue weighted by molar-refractivity contribution is -0.138. The van der Waals surface area contributed by atoms with Gasteiger partial charge in [0, 0.05) is 38.6 Å². The standard InChI is InChI=1S/C15H19F5N2O.ClH/c16-14(17)23-12-3-1-2-11(10-12)13(4-5-15(18,19)20)22-8-6-21-7-9-22;/h1-3,10,13-14,21H,4-9H2;1H/t13-;/m1./s1. The Kier molecular flexibility index (Phi) is 8.18. The van der Waals surface area contributed by atoms with E-state index in [1.807, 2.05) is 4.90 Å². The molecule has 1 N–H and O–H groups in total. The maximum Gasteiger partial charge on any atom is 0.389 e. The summed E-state index contributed by atoms with van der Waals surface area (Å²) in [7, 11) is 0. The van der Waals surface area contributed by atoms with Crippen LogP contribution in [-0.2, 0) is 0 Å². The molecule has 0 unspecified atom stereocenters. The Morgan fingerprint density at radius 2 is 1.83 bits per heavy atom. The van der Waals surface area contributed by atoms with Gasteiger partial charge in [0.25, 0.3) is 0 Å². The van der Waals surface area contributed by atoms with Gasteiger partial charge in [-0.15, -0.1) is 12.4 Å². The third-order valence-electron chi connectivity index (χ3n) is 3.76. The van der Waals surface area contributed by atoms with Crippen molar-refractivity contribution in [3.05, 3.63) is 29.8 Å². The maximum absolute atomic E-state index is 12.6. The molecule has 0 radical (unpaired) electrons.